The summed E-state index contributed by atoms with van der Waals surface area (Å²) >= 11 is 3.52. The molecular weight excluding hydrogens is 280 g/mol. The molecule has 0 saturated carbocycles. The third-order valence-corrected chi connectivity index (χ3v) is 3.64. The van der Waals surface area contributed by atoms with Gasteiger partial charge in [0.05, 0.1) is 0 Å². The van der Waals surface area contributed by atoms with Gasteiger partial charge in [-0.1, -0.05) is 15.9 Å². The third-order valence-electron chi connectivity index (χ3n) is 2.39. The van der Waals surface area contributed by atoms with Gasteiger partial charge in [0.15, 0.2) is 0 Å². The molecule has 0 radical (unpaired) electrons. The highest BCUT2D eigenvalue weighted by Crippen LogP contribution is 2.28. The number of aryl methyl sites for hydroxylation is 3. The molecule has 0 aliphatic carbocycles. The molecule has 0 aliphatic heterocycles. The van der Waals surface area contributed by atoms with Gasteiger partial charge in [-0.15, -0.1) is 0 Å². The van der Waals surface area contributed by atoms with Gasteiger partial charge in [0.25, 0.3) is 0 Å². The fourth-order valence-corrected chi connectivity index (χ4v) is 1.77. The summed E-state index contributed by atoms with van der Waals surface area (Å²) in [7, 11) is 0. The molecule has 17 heavy (non-hydrogen) atoms. The van der Waals surface area contributed by atoms with Crippen LogP contribution in [0, 0.1) is 20.8 Å². The van der Waals surface area contributed by atoms with Gasteiger partial charge in [0.2, 0.25) is 0 Å². The van der Waals surface area contributed by atoms with Crippen molar-refractivity contribution in [3.05, 3.63) is 45.7 Å². The summed E-state index contributed by atoms with van der Waals surface area (Å²) in [6.07, 6.45) is 1.69. The summed E-state index contributed by atoms with van der Waals surface area (Å²) in [6, 6.07) is 6.14. The second-order valence-corrected chi connectivity index (χ2v) is 4.75. The number of halogens is 1. The number of benzene rings is 1. The third kappa shape index (κ3) is 2.82. The number of nitrogens with zero attached hydrogens (tertiary/aromatic N) is 2. The van der Waals surface area contributed by atoms with E-state index in [1.54, 1.807) is 6.20 Å². The zero-order chi connectivity index (χ0) is 12.4. The lowest BCUT2D eigenvalue weighted by atomic mass is 10.1. The molecule has 0 unspecified atom stereocenters. The molecule has 88 valence electrons. The van der Waals surface area contributed by atoms with E-state index in [9.17, 15) is 0 Å². The topological polar surface area (TPSA) is 35.0 Å². The Kier molecular flexibility index (Phi) is 3.43. The van der Waals surface area contributed by atoms with Crippen molar-refractivity contribution in [2.45, 2.75) is 20.8 Å². The monoisotopic (exact) mass is 292 g/mol. The van der Waals surface area contributed by atoms with Gasteiger partial charge in [-0.05, 0) is 50.1 Å². The Morgan fingerprint density at radius 3 is 2.35 bits per heavy atom. The second-order valence-electron chi connectivity index (χ2n) is 3.95. The van der Waals surface area contributed by atoms with Crippen molar-refractivity contribution < 1.29 is 4.74 Å². The predicted molar refractivity (Wildman–Crippen MR) is 70.5 cm³/mol. The van der Waals surface area contributed by atoms with E-state index in [4.69, 9.17) is 4.74 Å². The van der Waals surface area contributed by atoms with Crippen LogP contribution in [0.15, 0.2) is 28.9 Å². The van der Waals surface area contributed by atoms with Crippen LogP contribution in [0.4, 0.5) is 0 Å². The zero-order valence-corrected chi connectivity index (χ0v) is 11.6. The van der Waals surface area contributed by atoms with Gasteiger partial charge in [-0.25, -0.2) is 9.97 Å². The molecule has 0 amide bonds. The first-order valence-corrected chi connectivity index (χ1v) is 6.10. The Bertz CT molecular complexity index is 532. The maximum atomic E-state index is 5.63. The fourth-order valence-electron chi connectivity index (χ4n) is 1.55. The van der Waals surface area contributed by atoms with Crippen LogP contribution in [-0.4, -0.2) is 9.97 Å². The first kappa shape index (κ1) is 12.0. The normalized spacial score (nSPS) is 10.4. The van der Waals surface area contributed by atoms with Crippen molar-refractivity contribution in [2.75, 3.05) is 0 Å². The van der Waals surface area contributed by atoms with Gasteiger partial charge in [0, 0.05) is 16.4 Å². The van der Waals surface area contributed by atoms with Gasteiger partial charge in [-0.3, -0.25) is 0 Å². The van der Waals surface area contributed by atoms with E-state index in [1.165, 1.54) is 0 Å². The van der Waals surface area contributed by atoms with E-state index >= 15 is 0 Å². The molecule has 0 bridgehead atoms. The number of ether oxygens (including phenoxy) is 1. The molecule has 0 N–H and O–H groups in total. The molecule has 0 aliphatic rings. The molecule has 2 rings (SSSR count). The van der Waals surface area contributed by atoms with Crippen LogP contribution < -0.4 is 4.74 Å². The lowest BCUT2D eigenvalue weighted by molar-refractivity contribution is 0.439. The van der Waals surface area contributed by atoms with Crippen LogP contribution >= 0.6 is 15.9 Å². The fraction of sp³-hybridized carbons (Fsp3) is 0.231. The Morgan fingerprint density at radius 2 is 1.76 bits per heavy atom. The van der Waals surface area contributed by atoms with Crippen molar-refractivity contribution in [3.63, 3.8) is 0 Å². The van der Waals surface area contributed by atoms with Crippen LogP contribution in [0.5, 0.6) is 11.8 Å². The highest BCUT2D eigenvalue weighted by molar-refractivity contribution is 9.10. The highest BCUT2D eigenvalue weighted by Gasteiger charge is 2.05. The molecule has 3 nitrogen and oxygen atoms in total. The Hall–Kier alpha value is -1.42. The van der Waals surface area contributed by atoms with Crippen LogP contribution in [0.25, 0.3) is 0 Å². The summed E-state index contributed by atoms with van der Waals surface area (Å²) in [4.78, 5) is 8.28. The van der Waals surface area contributed by atoms with Crippen molar-refractivity contribution in [1.82, 2.24) is 9.97 Å². The maximum absolute atomic E-state index is 5.63. The van der Waals surface area contributed by atoms with E-state index < -0.39 is 0 Å². The Morgan fingerprint density at radius 1 is 1.12 bits per heavy atom. The minimum absolute atomic E-state index is 0.381. The predicted octanol–water partition coefficient (Wildman–Crippen LogP) is 3.96. The largest absolute Gasteiger partial charge is 0.424 e. The Balaban J connectivity index is 2.31. The van der Waals surface area contributed by atoms with Crippen LogP contribution in [0.1, 0.15) is 16.8 Å². The number of aromatic nitrogens is 2. The van der Waals surface area contributed by atoms with Gasteiger partial charge >= 0.3 is 6.01 Å². The zero-order valence-electron chi connectivity index (χ0n) is 9.99. The van der Waals surface area contributed by atoms with Gasteiger partial charge in [-0.2, -0.15) is 0 Å². The lowest BCUT2D eigenvalue weighted by Gasteiger charge is -2.08. The molecule has 1 heterocycles. The van der Waals surface area contributed by atoms with E-state index in [0.717, 1.165) is 27.0 Å². The standard InChI is InChI=1S/C13H13BrN2O/c1-8-6-11(7-9(2)12(8)14)17-13-15-5-4-10(3)16-13/h4-7H,1-3H3. The van der Waals surface area contributed by atoms with Crippen molar-refractivity contribution >= 4 is 15.9 Å². The van der Waals surface area contributed by atoms with E-state index in [1.807, 2.05) is 39.0 Å². The smallest absolute Gasteiger partial charge is 0.322 e. The molecule has 2 aromatic rings. The molecule has 1 aromatic carbocycles. The number of rotatable bonds is 2. The van der Waals surface area contributed by atoms with Crippen molar-refractivity contribution in [3.8, 4) is 11.8 Å². The SMILES string of the molecule is Cc1ccnc(Oc2cc(C)c(Br)c(C)c2)n1. The second kappa shape index (κ2) is 4.84. The average Bonchev–Trinajstić information content (AvgIpc) is 2.26. The molecule has 4 heteroatoms. The van der Waals surface area contributed by atoms with E-state index in [2.05, 4.69) is 25.9 Å². The summed E-state index contributed by atoms with van der Waals surface area (Å²) < 4.78 is 6.74. The average molecular weight is 293 g/mol. The summed E-state index contributed by atoms with van der Waals surface area (Å²) in [5.74, 6) is 0.758. The van der Waals surface area contributed by atoms with Crippen LogP contribution in [0.3, 0.4) is 0 Å². The molecule has 0 saturated heterocycles. The number of hydrogen-bond acceptors (Lipinski definition) is 3. The molecule has 0 spiro atoms. The van der Waals surface area contributed by atoms with E-state index in [-0.39, 0.29) is 0 Å². The molecular formula is C13H13BrN2O. The minimum atomic E-state index is 0.381. The van der Waals surface area contributed by atoms with Gasteiger partial charge in [0.1, 0.15) is 5.75 Å². The Labute approximate surface area is 109 Å². The quantitative estimate of drug-likeness (QED) is 0.840. The highest BCUT2D eigenvalue weighted by atomic mass is 79.9. The van der Waals surface area contributed by atoms with Crippen molar-refractivity contribution in [1.29, 1.82) is 0 Å². The van der Waals surface area contributed by atoms with Crippen LogP contribution in [-0.2, 0) is 0 Å². The number of hydrogen-bond donors (Lipinski definition) is 0. The molecule has 1 aromatic heterocycles. The summed E-state index contributed by atoms with van der Waals surface area (Å²) in [5, 5.41) is 0. The minimum Gasteiger partial charge on any atom is -0.424 e. The van der Waals surface area contributed by atoms with Crippen LogP contribution in [0.2, 0.25) is 0 Å². The van der Waals surface area contributed by atoms with Gasteiger partial charge < -0.3 is 4.74 Å². The summed E-state index contributed by atoms with van der Waals surface area (Å²) in [5.41, 5.74) is 3.15. The summed E-state index contributed by atoms with van der Waals surface area (Å²) in [6.45, 7) is 5.97. The lowest BCUT2D eigenvalue weighted by Crippen LogP contribution is -1.94. The van der Waals surface area contributed by atoms with Crippen molar-refractivity contribution in [2.24, 2.45) is 0 Å². The first-order chi connectivity index (χ1) is 8.06. The first-order valence-electron chi connectivity index (χ1n) is 5.30. The van der Waals surface area contributed by atoms with E-state index in [0.29, 0.717) is 6.01 Å². The molecule has 0 atom stereocenters. The maximum Gasteiger partial charge on any atom is 0.322 e. The molecule has 0 fully saturated rings.